The number of nitrogens with zero attached hydrogens (tertiary/aromatic N) is 3. The lowest BCUT2D eigenvalue weighted by Gasteiger charge is -2.31. The Morgan fingerprint density at radius 1 is 0.881 bits per heavy atom. The van der Waals surface area contributed by atoms with Crippen LogP contribution in [0.2, 0.25) is 0 Å². The van der Waals surface area contributed by atoms with Gasteiger partial charge in [0.2, 0.25) is 41.4 Å². The summed E-state index contributed by atoms with van der Waals surface area (Å²) in [6.07, 6.45) is 0.391. The first-order valence-electron chi connectivity index (χ1n) is 19.2. The molecule has 1 aliphatic rings. The van der Waals surface area contributed by atoms with Crippen molar-refractivity contribution in [2.45, 2.75) is 127 Å². The predicted octanol–water partition coefficient (Wildman–Crippen LogP) is -5.48. The van der Waals surface area contributed by atoms with E-state index in [0.717, 1.165) is 6.92 Å². The number of aliphatic imine (C=N–C) groups is 1. The fourth-order valence-electron chi connectivity index (χ4n) is 6.17. The second kappa shape index (κ2) is 23.5. The van der Waals surface area contributed by atoms with E-state index in [2.05, 4.69) is 36.2 Å². The van der Waals surface area contributed by atoms with Gasteiger partial charge in [0, 0.05) is 31.4 Å². The number of H-pyrrole nitrogens is 1. The molecule has 10 atom stereocenters. The molecule has 330 valence electrons. The molecule has 1 saturated heterocycles. The minimum atomic E-state index is -1.77. The number of aliphatic hydroxyl groups excluding tert-OH is 2. The third kappa shape index (κ3) is 15.4. The maximum Gasteiger partial charge on any atom is 0.326 e. The first-order chi connectivity index (χ1) is 27.7. The second-order valence-electron chi connectivity index (χ2n) is 14.5. The summed E-state index contributed by atoms with van der Waals surface area (Å²) in [5, 5.41) is 42.3. The minimum Gasteiger partial charge on any atom is -0.480 e. The molecule has 0 aromatic carbocycles. The number of guanidine groups is 1. The van der Waals surface area contributed by atoms with Crippen LogP contribution in [0.4, 0.5) is 0 Å². The number of hydrogen-bond donors (Lipinski definition) is 13. The number of hydrogen-bond acceptors (Lipinski definition) is 13. The van der Waals surface area contributed by atoms with Gasteiger partial charge in [-0.05, 0) is 45.4 Å². The number of imidazole rings is 1. The van der Waals surface area contributed by atoms with Crippen molar-refractivity contribution in [2.24, 2.45) is 33.8 Å². The molecule has 1 aromatic heterocycles. The molecule has 24 heteroatoms. The van der Waals surface area contributed by atoms with Crippen molar-refractivity contribution in [3.05, 3.63) is 18.2 Å². The molecule has 0 unspecified atom stereocenters. The molecule has 1 fully saturated rings. The van der Waals surface area contributed by atoms with Gasteiger partial charge in [0.1, 0.15) is 36.3 Å². The Morgan fingerprint density at radius 3 is 1.98 bits per heavy atom. The number of aromatic nitrogens is 2. The Labute approximate surface area is 340 Å². The van der Waals surface area contributed by atoms with Crippen molar-refractivity contribution < 1.29 is 53.7 Å². The van der Waals surface area contributed by atoms with Crippen LogP contribution in [-0.4, -0.2) is 151 Å². The van der Waals surface area contributed by atoms with Gasteiger partial charge in [-0.3, -0.25) is 38.6 Å². The number of primary amides is 1. The number of carbonyl (C=O) groups excluding carboxylic acids is 7. The second-order valence-corrected chi connectivity index (χ2v) is 14.5. The smallest absolute Gasteiger partial charge is 0.326 e. The molecule has 59 heavy (non-hydrogen) atoms. The zero-order valence-corrected chi connectivity index (χ0v) is 33.6. The Balaban J connectivity index is 2.27. The molecular weight excluding hydrogens is 778 g/mol. The number of likely N-dealkylation sites (tertiary alicyclic amines) is 1. The molecule has 24 nitrogen and oxygen atoms in total. The topological polar surface area (TPSA) is 406 Å². The van der Waals surface area contributed by atoms with Crippen LogP contribution in [0.1, 0.15) is 71.9 Å². The number of aromatic amines is 1. The predicted molar refractivity (Wildman–Crippen MR) is 209 cm³/mol. The van der Waals surface area contributed by atoms with E-state index in [1.54, 1.807) is 13.8 Å². The molecule has 0 spiro atoms. The van der Waals surface area contributed by atoms with E-state index >= 15 is 0 Å². The van der Waals surface area contributed by atoms with Gasteiger partial charge >= 0.3 is 5.97 Å². The Morgan fingerprint density at radius 2 is 1.46 bits per heavy atom. The first-order valence-corrected chi connectivity index (χ1v) is 19.2. The van der Waals surface area contributed by atoms with E-state index < -0.39 is 114 Å². The molecule has 0 aliphatic carbocycles. The maximum atomic E-state index is 13.9. The summed E-state index contributed by atoms with van der Waals surface area (Å²) < 4.78 is 0. The lowest BCUT2D eigenvalue weighted by atomic mass is 9.96. The average Bonchev–Trinajstić information content (AvgIpc) is 3.87. The quantitative estimate of drug-likeness (QED) is 0.0262. The largest absolute Gasteiger partial charge is 0.480 e. The average molecular weight is 838 g/mol. The number of aliphatic hydroxyl groups is 2. The number of carbonyl (C=O) groups is 8. The van der Waals surface area contributed by atoms with E-state index in [-0.39, 0.29) is 44.7 Å². The summed E-state index contributed by atoms with van der Waals surface area (Å²) in [5.41, 5.74) is 22.3. The highest BCUT2D eigenvalue weighted by atomic mass is 16.4. The van der Waals surface area contributed by atoms with Gasteiger partial charge in [0.05, 0.1) is 31.0 Å². The molecule has 0 bridgehead atoms. The van der Waals surface area contributed by atoms with Crippen molar-refractivity contribution in [1.82, 2.24) is 41.5 Å². The zero-order valence-electron chi connectivity index (χ0n) is 33.6. The monoisotopic (exact) mass is 837 g/mol. The van der Waals surface area contributed by atoms with Crippen LogP contribution in [0.3, 0.4) is 0 Å². The highest BCUT2D eigenvalue weighted by Gasteiger charge is 2.40. The van der Waals surface area contributed by atoms with Gasteiger partial charge in [0.15, 0.2) is 5.96 Å². The number of nitrogens with one attached hydrogen (secondary N) is 6. The number of amides is 7. The van der Waals surface area contributed by atoms with Crippen molar-refractivity contribution in [1.29, 1.82) is 0 Å². The lowest BCUT2D eigenvalue weighted by molar-refractivity contribution is -0.144. The lowest BCUT2D eigenvalue weighted by Crippen LogP contribution is -2.63. The normalized spacial score (nSPS) is 18.3. The summed E-state index contributed by atoms with van der Waals surface area (Å²) in [6.45, 7) is 6.11. The fraction of sp³-hybridized carbons (Fsp3) is 0.657. The van der Waals surface area contributed by atoms with Crippen LogP contribution >= 0.6 is 0 Å². The van der Waals surface area contributed by atoms with E-state index in [9.17, 15) is 53.7 Å². The first kappa shape index (κ1) is 49.3. The highest BCUT2D eigenvalue weighted by Crippen LogP contribution is 2.20. The van der Waals surface area contributed by atoms with E-state index in [4.69, 9.17) is 22.9 Å². The molecule has 1 aromatic rings. The molecule has 0 saturated carbocycles. The van der Waals surface area contributed by atoms with Crippen molar-refractivity contribution in [3.63, 3.8) is 0 Å². The molecule has 2 heterocycles. The van der Waals surface area contributed by atoms with Gasteiger partial charge in [-0.15, -0.1) is 0 Å². The van der Waals surface area contributed by atoms with Gasteiger partial charge in [-0.2, -0.15) is 0 Å². The summed E-state index contributed by atoms with van der Waals surface area (Å²) >= 11 is 0. The van der Waals surface area contributed by atoms with Gasteiger partial charge in [0.25, 0.3) is 0 Å². The molecule has 7 amide bonds. The number of aliphatic carboxylic acids is 1. The molecule has 0 radical (unpaired) electrons. The Kier molecular flexibility index (Phi) is 19.6. The van der Waals surface area contributed by atoms with Crippen LogP contribution < -0.4 is 49.5 Å². The van der Waals surface area contributed by atoms with Crippen LogP contribution in [0, 0.1) is 5.92 Å². The number of carboxylic acids is 1. The molecule has 17 N–H and O–H groups in total. The van der Waals surface area contributed by atoms with Gasteiger partial charge in [-0.1, -0.05) is 20.3 Å². The maximum absolute atomic E-state index is 13.9. The van der Waals surface area contributed by atoms with Crippen molar-refractivity contribution >= 4 is 53.3 Å². The van der Waals surface area contributed by atoms with Crippen molar-refractivity contribution in [3.8, 4) is 0 Å². The zero-order chi connectivity index (χ0) is 44.6. The minimum absolute atomic E-state index is 0.0983. The van der Waals surface area contributed by atoms with Gasteiger partial charge in [-0.25, -0.2) is 9.78 Å². The summed E-state index contributed by atoms with van der Waals surface area (Å²) in [5.74, 6) is -8.62. The molecule has 1 aliphatic heterocycles. The fourth-order valence-corrected chi connectivity index (χ4v) is 6.17. The number of rotatable bonds is 24. The van der Waals surface area contributed by atoms with Crippen molar-refractivity contribution in [2.75, 3.05) is 13.1 Å². The Bertz CT molecular complexity index is 1650. The molecule has 2 rings (SSSR count). The number of carboxylic acid groups (broad SMARTS) is 1. The van der Waals surface area contributed by atoms with Gasteiger partial charge < -0.3 is 74.7 Å². The van der Waals surface area contributed by atoms with E-state index in [1.807, 2.05) is 5.32 Å². The highest BCUT2D eigenvalue weighted by molar-refractivity contribution is 5.98. The summed E-state index contributed by atoms with van der Waals surface area (Å²) in [7, 11) is 0. The standard InChI is InChI=1S/C35H59N13O11/c1-5-16(2)25(30(54)47-26(17(3)49)31(55)44-22(34(58)59)13-24(37)51)45-32(56)27(18(4)50)46-28(52)21(12-19-14-40-15-42-19)43-29(53)23-9-7-11-48(23)33(57)20(36)8-6-10-41-35(38)39/h14-18,20-23,25-27,49-50H,5-13,36H2,1-4H3,(H2,37,51)(H,40,42)(H,43,53)(H,44,55)(H,45,56)(H,46,52)(H,47,54)(H,58,59)(H4,38,39,41)/t16-,17+,18+,20-,21-,22-,23-,25-,26-,27-/m0/s1. The third-order valence-corrected chi connectivity index (χ3v) is 9.67. The molecular formula is C35H59N13O11. The van der Waals surface area contributed by atoms with Crippen LogP contribution in [0.15, 0.2) is 17.5 Å². The van der Waals surface area contributed by atoms with Crippen LogP contribution in [-0.2, 0) is 44.8 Å². The number of nitrogens with two attached hydrogens (primary N) is 4. The van der Waals surface area contributed by atoms with E-state index in [1.165, 1.54) is 24.3 Å². The third-order valence-electron chi connectivity index (χ3n) is 9.67. The summed E-state index contributed by atoms with van der Waals surface area (Å²) in [4.78, 5) is 116. The SMILES string of the molecule is CC[C@H](C)[C@H](NC(=O)[C@@H](NC(=O)[C@H](Cc1cnc[nH]1)NC(=O)[C@@H]1CCCN1C(=O)[C@@H](N)CCCN=C(N)N)[C@@H](C)O)C(=O)N[C@H](C(=O)N[C@@H](CC(N)=O)C(=O)O)[C@@H](C)O. The van der Waals surface area contributed by atoms with Crippen LogP contribution in [0.5, 0.6) is 0 Å². The Hall–Kier alpha value is -5.88. The van der Waals surface area contributed by atoms with Crippen LogP contribution in [0.25, 0.3) is 0 Å². The summed E-state index contributed by atoms with van der Waals surface area (Å²) in [6, 6.07) is -9.93. The van der Waals surface area contributed by atoms with E-state index in [0.29, 0.717) is 18.5 Å².